The number of nitrogens with one attached hydrogen (secondary N) is 1. The van der Waals surface area contributed by atoms with Crippen LogP contribution < -0.4 is 5.32 Å². The Kier molecular flexibility index (Phi) is 3.74. The Hall–Kier alpha value is -1.13. The molecule has 1 heterocycles. The Labute approximate surface area is 103 Å². The van der Waals surface area contributed by atoms with Crippen molar-refractivity contribution in [3.8, 4) is 11.3 Å². The minimum atomic E-state index is 0.735. The number of nitrogens with zero attached hydrogens (tertiary/aromatic N) is 1. The zero-order valence-corrected chi connectivity index (χ0v) is 10.6. The molecule has 1 aromatic carbocycles. The summed E-state index contributed by atoms with van der Waals surface area (Å²) in [5.41, 5.74) is 2.00. The van der Waals surface area contributed by atoms with Crippen molar-refractivity contribution in [3.05, 3.63) is 40.8 Å². The van der Waals surface area contributed by atoms with Crippen molar-refractivity contribution in [1.29, 1.82) is 0 Å². The van der Waals surface area contributed by atoms with E-state index < -0.39 is 0 Å². The maximum absolute atomic E-state index is 5.42. The highest BCUT2D eigenvalue weighted by atomic mass is 79.9. The van der Waals surface area contributed by atoms with Gasteiger partial charge < -0.3 is 9.73 Å². The van der Waals surface area contributed by atoms with Crippen LogP contribution in [0.15, 0.2) is 39.5 Å². The van der Waals surface area contributed by atoms with Crippen LogP contribution in [0.4, 0.5) is 0 Å². The maximum Gasteiger partial charge on any atom is 0.181 e. The van der Waals surface area contributed by atoms with E-state index in [9.17, 15) is 0 Å². The van der Waals surface area contributed by atoms with Gasteiger partial charge in [0, 0.05) is 16.6 Å². The first-order valence-electron chi connectivity index (χ1n) is 5.20. The van der Waals surface area contributed by atoms with E-state index in [4.69, 9.17) is 4.42 Å². The molecule has 4 heteroatoms. The summed E-state index contributed by atoms with van der Waals surface area (Å²) < 4.78 is 6.48. The van der Waals surface area contributed by atoms with Crippen LogP contribution in [0, 0.1) is 0 Å². The molecule has 0 radical (unpaired) electrons. The Morgan fingerprint density at radius 3 is 2.75 bits per heavy atom. The Balaban J connectivity index is 2.26. The number of rotatable bonds is 4. The van der Waals surface area contributed by atoms with Crippen molar-refractivity contribution in [2.24, 2.45) is 0 Å². The molecule has 0 aliphatic rings. The molecule has 0 saturated carbocycles. The van der Waals surface area contributed by atoms with E-state index in [1.54, 1.807) is 0 Å². The molecule has 2 rings (SSSR count). The summed E-state index contributed by atoms with van der Waals surface area (Å²) in [7, 11) is 0. The lowest BCUT2D eigenvalue weighted by Crippen LogP contribution is -2.12. The van der Waals surface area contributed by atoms with Crippen LogP contribution in [0.25, 0.3) is 11.3 Å². The summed E-state index contributed by atoms with van der Waals surface area (Å²) in [4.78, 5) is 4.21. The highest BCUT2D eigenvalue weighted by Crippen LogP contribution is 2.24. The van der Waals surface area contributed by atoms with Gasteiger partial charge in [-0.15, -0.1) is 0 Å². The minimum Gasteiger partial charge on any atom is -0.443 e. The summed E-state index contributed by atoms with van der Waals surface area (Å²) in [5.74, 6) is 0.841. The first-order chi connectivity index (χ1) is 7.81. The number of hydrogen-bond acceptors (Lipinski definition) is 3. The molecule has 1 N–H and O–H groups in total. The summed E-state index contributed by atoms with van der Waals surface area (Å²) in [6.07, 6.45) is 1.49. The molecule has 0 aliphatic carbocycles. The van der Waals surface area contributed by atoms with Crippen LogP contribution in [-0.2, 0) is 6.54 Å². The molecular formula is C12H13BrN2O. The predicted octanol–water partition coefficient (Wildman–Crippen LogP) is 3.21. The third-order valence-corrected chi connectivity index (χ3v) is 2.82. The normalized spacial score (nSPS) is 10.6. The van der Waals surface area contributed by atoms with Gasteiger partial charge in [0.1, 0.15) is 5.69 Å². The molecule has 3 nitrogen and oxygen atoms in total. The topological polar surface area (TPSA) is 38.1 Å². The van der Waals surface area contributed by atoms with E-state index in [0.29, 0.717) is 0 Å². The fourth-order valence-electron chi connectivity index (χ4n) is 1.47. The van der Waals surface area contributed by atoms with Crippen LogP contribution >= 0.6 is 15.9 Å². The van der Waals surface area contributed by atoms with Gasteiger partial charge in [-0.05, 0) is 18.7 Å². The van der Waals surface area contributed by atoms with Crippen LogP contribution in [0.2, 0.25) is 0 Å². The average Bonchev–Trinajstić information content (AvgIpc) is 2.75. The molecule has 0 bridgehead atoms. The van der Waals surface area contributed by atoms with E-state index in [1.807, 2.05) is 24.3 Å². The quantitative estimate of drug-likeness (QED) is 0.935. The summed E-state index contributed by atoms with van der Waals surface area (Å²) in [5, 5.41) is 3.24. The van der Waals surface area contributed by atoms with Gasteiger partial charge in [0.15, 0.2) is 12.2 Å². The monoisotopic (exact) mass is 280 g/mol. The molecule has 1 aromatic heterocycles. The van der Waals surface area contributed by atoms with Gasteiger partial charge in [-0.25, -0.2) is 4.98 Å². The predicted molar refractivity (Wildman–Crippen MR) is 67.0 cm³/mol. The van der Waals surface area contributed by atoms with Crippen molar-refractivity contribution in [2.45, 2.75) is 13.5 Å². The zero-order chi connectivity index (χ0) is 11.4. The van der Waals surface area contributed by atoms with Crippen molar-refractivity contribution in [2.75, 3.05) is 6.54 Å². The zero-order valence-electron chi connectivity index (χ0n) is 9.03. The fourth-order valence-corrected chi connectivity index (χ4v) is 1.74. The van der Waals surface area contributed by atoms with Crippen molar-refractivity contribution in [3.63, 3.8) is 0 Å². The molecular weight excluding hydrogens is 268 g/mol. The van der Waals surface area contributed by atoms with E-state index >= 15 is 0 Å². The second-order valence-electron chi connectivity index (χ2n) is 3.42. The van der Waals surface area contributed by atoms with Crippen LogP contribution in [0.5, 0.6) is 0 Å². The van der Waals surface area contributed by atoms with Crippen LogP contribution in [0.1, 0.15) is 12.6 Å². The molecule has 84 valence electrons. The first-order valence-corrected chi connectivity index (χ1v) is 5.99. The second-order valence-corrected chi connectivity index (χ2v) is 4.33. The molecule has 0 aliphatic heterocycles. The fraction of sp³-hybridized carbons (Fsp3) is 0.250. The van der Waals surface area contributed by atoms with E-state index in [0.717, 1.165) is 34.6 Å². The second kappa shape index (κ2) is 5.27. The lowest BCUT2D eigenvalue weighted by Gasteiger charge is -2.02. The Bertz CT molecular complexity index is 450. The van der Waals surface area contributed by atoms with Crippen molar-refractivity contribution >= 4 is 15.9 Å². The van der Waals surface area contributed by atoms with E-state index in [2.05, 4.69) is 33.2 Å². The Morgan fingerprint density at radius 1 is 1.31 bits per heavy atom. The number of hydrogen-bond donors (Lipinski definition) is 1. The van der Waals surface area contributed by atoms with E-state index in [1.165, 1.54) is 6.39 Å². The number of oxazole rings is 1. The first kappa shape index (κ1) is 11.4. The van der Waals surface area contributed by atoms with Gasteiger partial charge in [-0.1, -0.05) is 35.0 Å². The maximum atomic E-state index is 5.42. The lowest BCUT2D eigenvalue weighted by atomic mass is 10.1. The SMILES string of the molecule is CCNCc1ncoc1-c1ccc(Br)cc1. The molecule has 0 unspecified atom stereocenters. The number of benzene rings is 1. The Morgan fingerprint density at radius 2 is 2.06 bits per heavy atom. The molecule has 0 spiro atoms. The highest BCUT2D eigenvalue weighted by Gasteiger charge is 2.09. The van der Waals surface area contributed by atoms with Crippen molar-refractivity contribution in [1.82, 2.24) is 10.3 Å². The van der Waals surface area contributed by atoms with Gasteiger partial charge in [-0.2, -0.15) is 0 Å². The summed E-state index contributed by atoms with van der Waals surface area (Å²) >= 11 is 3.41. The van der Waals surface area contributed by atoms with Crippen LogP contribution in [0.3, 0.4) is 0 Å². The molecule has 0 saturated heterocycles. The van der Waals surface area contributed by atoms with Gasteiger partial charge >= 0.3 is 0 Å². The van der Waals surface area contributed by atoms with Gasteiger partial charge in [0.2, 0.25) is 0 Å². The third kappa shape index (κ3) is 2.51. The van der Waals surface area contributed by atoms with E-state index in [-0.39, 0.29) is 0 Å². The summed E-state index contributed by atoms with van der Waals surface area (Å²) in [6.45, 7) is 3.73. The molecule has 2 aromatic rings. The standard InChI is InChI=1S/C12H13BrN2O/c1-2-14-7-11-12(16-8-15-11)9-3-5-10(13)6-4-9/h3-6,8,14H,2,7H2,1H3. The molecule has 0 fully saturated rings. The number of halogens is 1. The highest BCUT2D eigenvalue weighted by molar-refractivity contribution is 9.10. The molecule has 16 heavy (non-hydrogen) atoms. The average molecular weight is 281 g/mol. The lowest BCUT2D eigenvalue weighted by molar-refractivity contribution is 0.570. The van der Waals surface area contributed by atoms with Crippen molar-refractivity contribution < 1.29 is 4.42 Å². The largest absolute Gasteiger partial charge is 0.443 e. The third-order valence-electron chi connectivity index (χ3n) is 2.29. The van der Waals surface area contributed by atoms with Gasteiger partial charge in [0.25, 0.3) is 0 Å². The number of aromatic nitrogens is 1. The molecule has 0 amide bonds. The summed E-state index contributed by atoms with van der Waals surface area (Å²) in [6, 6.07) is 8.02. The van der Waals surface area contributed by atoms with Crippen LogP contribution in [-0.4, -0.2) is 11.5 Å². The van der Waals surface area contributed by atoms with Gasteiger partial charge in [-0.3, -0.25) is 0 Å². The molecule has 0 atom stereocenters. The smallest absolute Gasteiger partial charge is 0.181 e. The van der Waals surface area contributed by atoms with Gasteiger partial charge in [0.05, 0.1) is 0 Å². The minimum absolute atomic E-state index is 0.735.